The van der Waals surface area contributed by atoms with E-state index in [2.05, 4.69) is 6.92 Å². The van der Waals surface area contributed by atoms with Crippen molar-refractivity contribution in [2.75, 3.05) is 0 Å². The molecule has 3 aliphatic rings. The van der Waals surface area contributed by atoms with E-state index in [1.54, 1.807) is 47.8 Å². The smallest absolute Gasteiger partial charge is 0.220 e. The molecule has 3 heterocycles. The summed E-state index contributed by atoms with van der Waals surface area (Å²) in [6, 6.07) is 16.7. The molecule has 6 rings (SSSR count). The van der Waals surface area contributed by atoms with Crippen LogP contribution in [0.15, 0.2) is 75.0 Å². The highest BCUT2D eigenvalue weighted by molar-refractivity contribution is 8.14. The molecule has 3 aromatic rings. The van der Waals surface area contributed by atoms with Crippen molar-refractivity contribution in [3.05, 3.63) is 119 Å². The number of carbonyl (C=O) groups is 1. The average molecular weight is 649 g/mol. The van der Waals surface area contributed by atoms with Crippen LogP contribution in [0.5, 0.6) is 17.2 Å². The Balaban J connectivity index is 1.25. The van der Waals surface area contributed by atoms with E-state index in [1.807, 2.05) is 18.2 Å². The van der Waals surface area contributed by atoms with Gasteiger partial charge in [0.15, 0.2) is 22.4 Å². The second-order valence-corrected chi connectivity index (χ2v) is 15.7. The van der Waals surface area contributed by atoms with Gasteiger partial charge in [0.1, 0.15) is 0 Å². The Morgan fingerprint density at radius 2 is 1.20 bits per heavy atom. The molecular formula is C34H32O7S3. The highest BCUT2D eigenvalue weighted by Gasteiger charge is 2.37. The minimum atomic E-state index is -0.478. The van der Waals surface area contributed by atoms with Crippen LogP contribution in [0.4, 0.5) is 0 Å². The summed E-state index contributed by atoms with van der Waals surface area (Å²) in [5.41, 5.74) is 1.82. The van der Waals surface area contributed by atoms with Crippen LogP contribution in [0.25, 0.3) is 0 Å². The van der Waals surface area contributed by atoms with Crippen LogP contribution in [0.3, 0.4) is 0 Å². The van der Waals surface area contributed by atoms with Gasteiger partial charge in [-0.05, 0) is 60.9 Å². The number of aromatic hydroxyl groups is 3. The molecule has 3 aliphatic heterocycles. The van der Waals surface area contributed by atoms with Gasteiger partial charge >= 0.3 is 0 Å². The lowest BCUT2D eigenvalue weighted by Gasteiger charge is -2.14. The van der Waals surface area contributed by atoms with E-state index in [-0.39, 0.29) is 54.5 Å². The van der Waals surface area contributed by atoms with Crippen LogP contribution in [0.1, 0.15) is 93.1 Å². The molecule has 0 bridgehead atoms. The molecule has 228 valence electrons. The molecule has 44 heavy (non-hydrogen) atoms. The van der Waals surface area contributed by atoms with Gasteiger partial charge in [0.2, 0.25) is 16.3 Å². The van der Waals surface area contributed by atoms with Gasteiger partial charge in [0.05, 0.1) is 0 Å². The van der Waals surface area contributed by atoms with Gasteiger partial charge in [-0.25, -0.2) is 0 Å². The summed E-state index contributed by atoms with van der Waals surface area (Å²) in [7, 11) is 0. The van der Waals surface area contributed by atoms with Crippen LogP contribution in [0.2, 0.25) is 0 Å². The lowest BCUT2D eigenvalue weighted by Crippen LogP contribution is -2.04. The fourth-order valence-electron chi connectivity index (χ4n) is 6.38. The van der Waals surface area contributed by atoms with Crippen molar-refractivity contribution < 1.29 is 20.1 Å². The van der Waals surface area contributed by atoms with Crippen LogP contribution in [0, 0.1) is 5.92 Å². The molecule has 0 aliphatic carbocycles. The zero-order valence-corrected chi connectivity index (χ0v) is 26.4. The molecule has 0 aromatic heterocycles. The Morgan fingerprint density at radius 1 is 0.614 bits per heavy atom. The van der Waals surface area contributed by atoms with E-state index in [4.69, 9.17) is 0 Å². The number of hydrogen-bond donors (Lipinski definition) is 3. The molecule has 3 aromatic carbocycles. The first-order valence-corrected chi connectivity index (χ1v) is 17.4. The highest BCUT2D eigenvalue weighted by atomic mass is 32.2. The van der Waals surface area contributed by atoms with E-state index in [0.29, 0.717) is 36.0 Å². The van der Waals surface area contributed by atoms with E-state index in [1.165, 1.54) is 18.2 Å². The van der Waals surface area contributed by atoms with E-state index < -0.39 is 16.3 Å². The molecule has 0 radical (unpaired) electrons. The van der Waals surface area contributed by atoms with Crippen molar-refractivity contribution >= 4 is 40.4 Å². The Labute approximate surface area is 267 Å². The largest absolute Gasteiger partial charge is 0.504 e. The van der Waals surface area contributed by atoms with Gasteiger partial charge in [-0.3, -0.25) is 19.2 Å². The van der Waals surface area contributed by atoms with Gasteiger partial charge in [0, 0.05) is 49.4 Å². The summed E-state index contributed by atoms with van der Waals surface area (Å²) in [5.74, 6) is -0.751. The lowest BCUT2D eigenvalue weighted by molar-refractivity contribution is -0.110. The molecule has 10 heteroatoms. The first kappa shape index (κ1) is 30.8. The molecule has 3 fully saturated rings. The molecule has 7 nitrogen and oxygen atoms in total. The van der Waals surface area contributed by atoms with E-state index in [0.717, 1.165) is 35.7 Å². The number of thioether (sulfide) groups is 3. The van der Waals surface area contributed by atoms with Crippen molar-refractivity contribution in [2.24, 2.45) is 5.92 Å². The van der Waals surface area contributed by atoms with E-state index in [9.17, 15) is 34.5 Å². The number of hydrogen-bond acceptors (Lipinski definition) is 10. The van der Waals surface area contributed by atoms with E-state index >= 15 is 0 Å². The summed E-state index contributed by atoms with van der Waals surface area (Å²) >= 11 is 4.35. The SMILES string of the molecule is CC1CC(c2ccc(C3CCC(=O)S3)c(O)c(=O)c2)SC1c1ccc(C2CCC(c3ccccc(=O)c3O)S2)cc(=O)c1O. The molecule has 0 amide bonds. The Hall–Kier alpha value is -3.21. The Kier molecular flexibility index (Phi) is 8.86. The predicted molar refractivity (Wildman–Crippen MR) is 177 cm³/mol. The van der Waals surface area contributed by atoms with Gasteiger partial charge < -0.3 is 15.3 Å². The molecule has 6 atom stereocenters. The first-order valence-electron chi connectivity index (χ1n) is 14.7. The average Bonchev–Trinajstić information content (AvgIpc) is 3.68. The maximum Gasteiger partial charge on any atom is 0.220 e. The zero-order valence-electron chi connectivity index (χ0n) is 24.0. The molecule has 3 N–H and O–H groups in total. The summed E-state index contributed by atoms with van der Waals surface area (Å²) in [5, 5.41) is 31.6. The van der Waals surface area contributed by atoms with Crippen LogP contribution in [-0.2, 0) is 4.79 Å². The molecule has 0 spiro atoms. The third-order valence-electron chi connectivity index (χ3n) is 8.72. The third kappa shape index (κ3) is 6.04. The quantitative estimate of drug-likeness (QED) is 0.270. The predicted octanol–water partition coefficient (Wildman–Crippen LogP) is 6.84. The standard InChI is InChI=1S/C34H32O7S3/c1-17-14-29(19-6-8-21(32(40)24(36)16-19)28-12-13-30(38)43-28)44-34(17)22-9-7-18(15-25(37)33(22)41)26-10-11-27(42-26)20-4-2-3-5-23(35)31(20)39/h2-9,15-17,26-29,34H,10-14H2,1H3,(H,35,39)(H,36,40)(H,37,41). The highest BCUT2D eigenvalue weighted by Crippen LogP contribution is 2.57. The third-order valence-corrected chi connectivity index (χ3v) is 13.4. The second kappa shape index (κ2) is 12.7. The molecular weight excluding hydrogens is 617 g/mol. The zero-order chi connectivity index (χ0) is 31.1. The van der Waals surface area contributed by atoms with Gasteiger partial charge in [-0.1, -0.05) is 61.2 Å². The fourth-order valence-corrected chi connectivity index (χ4v) is 10.9. The number of carbonyl (C=O) groups excluding carboxylic acids is 1. The lowest BCUT2D eigenvalue weighted by atomic mass is 9.95. The summed E-state index contributed by atoms with van der Waals surface area (Å²) in [6.45, 7) is 2.06. The van der Waals surface area contributed by atoms with Crippen molar-refractivity contribution in [2.45, 2.75) is 65.3 Å². The summed E-state index contributed by atoms with van der Waals surface area (Å²) in [4.78, 5) is 50.0. The van der Waals surface area contributed by atoms with Gasteiger partial charge in [-0.2, -0.15) is 0 Å². The second-order valence-electron chi connectivity index (χ2n) is 11.6. The van der Waals surface area contributed by atoms with Crippen LogP contribution in [-0.4, -0.2) is 20.4 Å². The maximum atomic E-state index is 13.2. The minimum Gasteiger partial charge on any atom is -0.504 e. The fraction of sp³-hybridized carbons (Fsp3) is 0.353. The maximum absolute atomic E-state index is 13.2. The number of rotatable bonds is 5. The topological polar surface area (TPSA) is 129 Å². The molecule has 6 unspecified atom stereocenters. The van der Waals surface area contributed by atoms with Crippen molar-refractivity contribution in [3.8, 4) is 17.2 Å². The normalized spacial score (nSPS) is 26.6. The van der Waals surface area contributed by atoms with Crippen molar-refractivity contribution in [1.82, 2.24) is 0 Å². The first-order chi connectivity index (χ1) is 21.1. The Bertz CT molecular complexity index is 1810. The summed E-state index contributed by atoms with van der Waals surface area (Å²) in [6.07, 6.45) is 3.21. The summed E-state index contributed by atoms with van der Waals surface area (Å²) < 4.78 is 0. The monoisotopic (exact) mass is 648 g/mol. The Morgan fingerprint density at radius 3 is 1.91 bits per heavy atom. The van der Waals surface area contributed by atoms with Crippen LogP contribution < -0.4 is 16.3 Å². The van der Waals surface area contributed by atoms with Crippen molar-refractivity contribution in [1.29, 1.82) is 0 Å². The van der Waals surface area contributed by atoms with Gasteiger partial charge in [0.25, 0.3) is 0 Å². The van der Waals surface area contributed by atoms with Gasteiger partial charge in [-0.15, -0.1) is 23.5 Å². The molecule has 3 saturated heterocycles. The van der Waals surface area contributed by atoms with Crippen LogP contribution >= 0.6 is 35.3 Å². The van der Waals surface area contributed by atoms with Crippen molar-refractivity contribution in [3.63, 3.8) is 0 Å². The minimum absolute atomic E-state index is 0.0382. The molecule has 0 saturated carbocycles.